The predicted octanol–water partition coefficient (Wildman–Crippen LogP) is 0.717. The van der Waals surface area contributed by atoms with Crippen molar-refractivity contribution in [2.45, 2.75) is 83.9 Å². The fourth-order valence-corrected chi connectivity index (χ4v) is 4.93. The van der Waals surface area contributed by atoms with Gasteiger partial charge < -0.3 is 26.8 Å². The first-order valence-corrected chi connectivity index (χ1v) is 12.0. The lowest BCUT2D eigenvalue weighted by Crippen LogP contribution is -2.58. The lowest BCUT2D eigenvalue weighted by Gasteiger charge is -2.37. The number of aliphatic hydroxyl groups excluding tert-OH is 1. The van der Waals surface area contributed by atoms with Crippen LogP contribution in [0.15, 0.2) is 0 Å². The van der Waals surface area contributed by atoms with E-state index in [-0.39, 0.29) is 30.1 Å². The average molecular weight is 439 g/mol. The summed E-state index contributed by atoms with van der Waals surface area (Å²) in [5.74, 6) is -0.231. The van der Waals surface area contributed by atoms with Gasteiger partial charge in [0.1, 0.15) is 6.04 Å². The number of Topliss-reactive ketones (excluding diaryl/α,β-unsaturated/α-hetero) is 1. The van der Waals surface area contributed by atoms with E-state index in [9.17, 15) is 19.5 Å². The Morgan fingerprint density at radius 3 is 2.29 bits per heavy atom. The fraction of sp³-hybridized carbons (Fsp3) is 0.870. The van der Waals surface area contributed by atoms with Crippen molar-refractivity contribution in [3.05, 3.63) is 0 Å². The van der Waals surface area contributed by atoms with Crippen molar-refractivity contribution in [1.82, 2.24) is 16.0 Å². The van der Waals surface area contributed by atoms with Crippen LogP contribution in [0.2, 0.25) is 0 Å². The highest BCUT2D eigenvalue weighted by molar-refractivity contribution is 5.94. The monoisotopic (exact) mass is 438 g/mol. The van der Waals surface area contributed by atoms with E-state index in [2.05, 4.69) is 16.0 Å². The Hall–Kier alpha value is -1.51. The molecule has 8 nitrogen and oxygen atoms in total. The number of nitrogens with one attached hydrogen (secondary N) is 3. The number of amides is 2. The van der Waals surface area contributed by atoms with Crippen LogP contribution in [0.1, 0.15) is 65.7 Å². The third-order valence-corrected chi connectivity index (χ3v) is 6.82. The molecule has 0 aromatic carbocycles. The van der Waals surface area contributed by atoms with E-state index < -0.39 is 24.1 Å². The van der Waals surface area contributed by atoms with Gasteiger partial charge in [-0.05, 0) is 44.7 Å². The standard InChI is InChI=1S/C23H42N4O4/c1-14(2)21(29)19(9-10-24)26-23(31)20(15(3)28)27-22(30)18-11-17(12-25-13-18)16-7-5-4-6-8-16/h14-20,25,28H,4-13,24H2,1-3H3,(H,26,31)(H,27,30)/t15-,17?,18-,19-,20-/m0/s1. The molecule has 178 valence electrons. The Morgan fingerprint density at radius 1 is 1.03 bits per heavy atom. The third kappa shape index (κ3) is 7.54. The van der Waals surface area contributed by atoms with Gasteiger partial charge in [-0.15, -0.1) is 0 Å². The van der Waals surface area contributed by atoms with Gasteiger partial charge >= 0.3 is 0 Å². The van der Waals surface area contributed by atoms with E-state index in [1.807, 2.05) is 0 Å². The highest BCUT2D eigenvalue weighted by Crippen LogP contribution is 2.34. The van der Waals surface area contributed by atoms with Crippen LogP contribution < -0.4 is 21.7 Å². The molecule has 0 bridgehead atoms. The summed E-state index contributed by atoms with van der Waals surface area (Å²) in [6, 6.07) is -1.83. The van der Waals surface area contributed by atoms with Crippen LogP contribution >= 0.6 is 0 Å². The summed E-state index contributed by atoms with van der Waals surface area (Å²) in [6.45, 7) is 6.77. The highest BCUT2D eigenvalue weighted by atomic mass is 16.3. The maximum atomic E-state index is 13.0. The van der Waals surface area contributed by atoms with Gasteiger partial charge in [0.15, 0.2) is 5.78 Å². The minimum atomic E-state index is -1.11. The van der Waals surface area contributed by atoms with Crippen molar-refractivity contribution in [1.29, 1.82) is 0 Å². The zero-order chi connectivity index (χ0) is 23.0. The number of rotatable bonds is 10. The summed E-state index contributed by atoms with van der Waals surface area (Å²) in [5, 5.41) is 19.0. The van der Waals surface area contributed by atoms with Crippen molar-refractivity contribution in [2.75, 3.05) is 19.6 Å². The predicted molar refractivity (Wildman–Crippen MR) is 120 cm³/mol. The van der Waals surface area contributed by atoms with E-state index in [4.69, 9.17) is 5.73 Å². The summed E-state index contributed by atoms with van der Waals surface area (Å²) >= 11 is 0. The smallest absolute Gasteiger partial charge is 0.245 e. The second-order valence-electron chi connectivity index (χ2n) is 9.67. The molecule has 6 N–H and O–H groups in total. The van der Waals surface area contributed by atoms with E-state index in [0.29, 0.717) is 24.8 Å². The molecule has 2 rings (SSSR count). The minimum absolute atomic E-state index is 0.110. The van der Waals surface area contributed by atoms with Gasteiger partial charge in [-0.1, -0.05) is 46.0 Å². The zero-order valence-corrected chi connectivity index (χ0v) is 19.4. The number of aliphatic hydroxyl groups is 1. The number of nitrogens with two attached hydrogens (primary N) is 1. The molecule has 1 aliphatic carbocycles. The molecule has 8 heteroatoms. The largest absolute Gasteiger partial charge is 0.391 e. The van der Waals surface area contributed by atoms with Gasteiger partial charge in [0.05, 0.1) is 18.1 Å². The number of hydrogen-bond acceptors (Lipinski definition) is 6. The molecule has 0 spiro atoms. The Kier molecular flexibility index (Phi) is 10.4. The van der Waals surface area contributed by atoms with E-state index in [0.717, 1.165) is 13.0 Å². The van der Waals surface area contributed by atoms with Crippen LogP contribution in [0.3, 0.4) is 0 Å². The Balaban J connectivity index is 1.98. The van der Waals surface area contributed by atoms with E-state index in [1.165, 1.54) is 39.0 Å². The van der Waals surface area contributed by atoms with Gasteiger partial charge in [0.25, 0.3) is 0 Å². The normalized spacial score (nSPS) is 25.5. The molecule has 5 atom stereocenters. The third-order valence-electron chi connectivity index (χ3n) is 6.82. The molecule has 1 heterocycles. The van der Waals surface area contributed by atoms with Crippen molar-refractivity contribution in [3.63, 3.8) is 0 Å². The molecule has 1 saturated carbocycles. The molecule has 31 heavy (non-hydrogen) atoms. The summed E-state index contributed by atoms with van der Waals surface area (Å²) in [6.07, 6.45) is 6.33. The van der Waals surface area contributed by atoms with Crippen LogP contribution in [-0.2, 0) is 14.4 Å². The van der Waals surface area contributed by atoms with E-state index in [1.54, 1.807) is 13.8 Å². The zero-order valence-electron chi connectivity index (χ0n) is 19.4. The van der Waals surface area contributed by atoms with Crippen molar-refractivity contribution in [3.8, 4) is 0 Å². The van der Waals surface area contributed by atoms with Gasteiger partial charge in [-0.25, -0.2) is 0 Å². The molecule has 0 aromatic rings. The molecular weight excluding hydrogens is 396 g/mol. The lowest BCUT2D eigenvalue weighted by atomic mass is 9.74. The second kappa shape index (κ2) is 12.5. The second-order valence-corrected chi connectivity index (χ2v) is 9.67. The Labute approximate surface area is 186 Å². The average Bonchev–Trinajstić information content (AvgIpc) is 2.76. The van der Waals surface area contributed by atoms with Gasteiger partial charge in [-0.2, -0.15) is 0 Å². The highest BCUT2D eigenvalue weighted by Gasteiger charge is 2.35. The summed E-state index contributed by atoms with van der Waals surface area (Å²) in [7, 11) is 0. The number of hydrogen-bond donors (Lipinski definition) is 5. The molecule has 2 aliphatic rings. The number of piperidine rings is 1. The van der Waals surface area contributed by atoms with Crippen LogP contribution in [0.4, 0.5) is 0 Å². The first kappa shape index (κ1) is 25.7. The first-order valence-electron chi connectivity index (χ1n) is 12.0. The molecule has 1 aliphatic heterocycles. The topological polar surface area (TPSA) is 134 Å². The minimum Gasteiger partial charge on any atom is -0.391 e. The maximum Gasteiger partial charge on any atom is 0.245 e. The van der Waals surface area contributed by atoms with Crippen molar-refractivity contribution >= 4 is 17.6 Å². The molecule has 0 aromatic heterocycles. The first-order chi connectivity index (χ1) is 14.7. The van der Waals surface area contributed by atoms with E-state index >= 15 is 0 Å². The molecule has 1 unspecified atom stereocenters. The molecule has 1 saturated heterocycles. The Morgan fingerprint density at radius 2 is 1.71 bits per heavy atom. The molecular formula is C23H42N4O4. The number of carbonyl (C=O) groups is 3. The molecule has 0 radical (unpaired) electrons. The summed E-state index contributed by atoms with van der Waals surface area (Å²) in [4.78, 5) is 38.2. The SMILES string of the molecule is CC(C)C(=O)[C@H](CCN)NC(=O)[C@@H](NC(=O)[C@@H]1CNCC(C2CCCCC2)C1)[C@H](C)O. The molecule has 2 fully saturated rings. The quantitative estimate of drug-likeness (QED) is 0.341. The van der Waals surface area contributed by atoms with Crippen LogP contribution in [0.25, 0.3) is 0 Å². The van der Waals surface area contributed by atoms with Gasteiger partial charge in [0, 0.05) is 12.5 Å². The maximum absolute atomic E-state index is 13.0. The number of ketones is 1. The molecule has 2 amide bonds. The Bertz CT molecular complexity index is 604. The summed E-state index contributed by atoms with van der Waals surface area (Å²) in [5.41, 5.74) is 5.60. The number of carbonyl (C=O) groups excluding carboxylic acids is 3. The van der Waals surface area contributed by atoms with Crippen molar-refractivity contribution in [2.24, 2.45) is 29.4 Å². The van der Waals surface area contributed by atoms with Gasteiger partial charge in [0.2, 0.25) is 11.8 Å². The fourth-order valence-electron chi connectivity index (χ4n) is 4.93. The van der Waals surface area contributed by atoms with Crippen LogP contribution in [0.5, 0.6) is 0 Å². The lowest BCUT2D eigenvalue weighted by molar-refractivity contribution is -0.136. The van der Waals surface area contributed by atoms with Gasteiger partial charge in [-0.3, -0.25) is 14.4 Å². The van der Waals surface area contributed by atoms with Crippen molar-refractivity contribution < 1.29 is 19.5 Å². The van der Waals surface area contributed by atoms with Crippen LogP contribution in [-0.4, -0.2) is 60.5 Å². The van der Waals surface area contributed by atoms with Crippen LogP contribution in [0, 0.1) is 23.7 Å². The summed E-state index contributed by atoms with van der Waals surface area (Å²) < 4.78 is 0.